The van der Waals surface area contributed by atoms with E-state index in [2.05, 4.69) is 31.1 Å². The van der Waals surface area contributed by atoms with Crippen LogP contribution in [-0.2, 0) is 0 Å². The monoisotopic (exact) mass is 262 g/mol. The molecular weight excluding hydrogens is 236 g/mol. The van der Waals surface area contributed by atoms with Crippen molar-refractivity contribution in [1.82, 2.24) is 10.3 Å². The van der Waals surface area contributed by atoms with E-state index in [0.717, 1.165) is 37.3 Å². The van der Waals surface area contributed by atoms with Crippen molar-refractivity contribution >= 4 is 0 Å². The molecule has 2 unspecified atom stereocenters. The van der Waals surface area contributed by atoms with Gasteiger partial charge in [0.05, 0.1) is 5.69 Å². The summed E-state index contributed by atoms with van der Waals surface area (Å²) in [5.41, 5.74) is 1.26. The zero-order chi connectivity index (χ0) is 13.9. The quantitative estimate of drug-likeness (QED) is 0.854. The molecule has 19 heavy (non-hydrogen) atoms. The molecule has 1 N–H and O–H groups in total. The average molecular weight is 262 g/mol. The van der Waals surface area contributed by atoms with E-state index in [1.54, 1.807) is 0 Å². The van der Waals surface area contributed by atoms with Crippen molar-refractivity contribution in [1.29, 1.82) is 0 Å². The molecule has 1 fully saturated rings. The fraction of sp³-hybridized carbons (Fsp3) is 0.688. The number of hydrogen-bond acceptors (Lipinski definition) is 3. The summed E-state index contributed by atoms with van der Waals surface area (Å²) in [5, 5.41) is 3.61. The Bertz CT molecular complexity index is 415. The Morgan fingerprint density at radius 2 is 2.11 bits per heavy atom. The van der Waals surface area contributed by atoms with Crippen LogP contribution in [0.1, 0.15) is 45.7 Å². The van der Waals surface area contributed by atoms with Crippen molar-refractivity contribution < 1.29 is 4.74 Å². The highest BCUT2D eigenvalue weighted by molar-refractivity contribution is 5.27. The summed E-state index contributed by atoms with van der Waals surface area (Å²) in [6, 6.07) is 4.57. The highest BCUT2D eigenvalue weighted by atomic mass is 16.5. The molecule has 3 nitrogen and oxygen atoms in total. The van der Waals surface area contributed by atoms with Gasteiger partial charge in [0, 0.05) is 24.1 Å². The lowest BCUT2D eigenvalue weighted by molar-refractivity contribution is -0.0858. The lowest BCUT2D eigenvalue weighted by Gasteiger charge is -2.55. The van der Waals surface area contributed by atoms with Crippen molar-refractivity contribution in [3.8, 4) is 5.75 Å². The van der Waals surface area contributed by atoms with E-state index >= 15 is 0 Å². The summed E-state index contributed by atoms with van der Waals surface area (Å²) in [7, 11) is 0. The second kappa shape index (κ2) is 5.91. The third-order valence-electron chi connectivity index (χ3n) is 4.78. The zero-order valence-corrected chi connectivity index (χ0v) is 12.6. The number of aromatic nitrogens is 1. The van der Waals surface area contributed by atoms with Crippen LogP contribution in [0, 0.1) is 12.3 Å². The molecule has 0 radical (unpaired) electrons. The average Bonchev–Trinajstić information content (AvgIpc) is 2.41. The first kappa shape index (κ1) is 14.3. The predicted octanol–water partition coefficient (Wildman–Crippen LogP) is 3.33. The molecule has 1 aliphatic rings. The largest absolute Gasteiger partial charge is 0.488 e. The van der Waals surface area contributed by atoms with Crippen LogP contribution < -0.4 is 10.1 Å². The number of nitrogens with one attached hydrogen (secondary N) is 1. The molecule has 1 aromatic heterocycles. The fourth-order valence-corrected chi connectivity index (χ4v) is 3.39. The Morgan fingerprint density at radius 1 is 1.37 bits per heavy atom. The van der Waals surface area contributed by atoms with Gasteiger partial charge in [-0.2, -0.15) is 0 Å². The van der Waals surface area contributed by atoms with Gasteiger partial charge in [-0.05, 0) is 38.4 Å². The van der Waals surface area contributed by atoms with Crippen LogP contribution in [0.2, 0.25) is 0 Å². The summed E-state index contributed by atoms with van der Waals surface area (Å²) in [6.45, 7) is 9.77. The first-order valence-electron chi connectivity index (χ1n) is 7.49. The molecule has 0 aliphatic heterocycles. The molecule has 0 spiro atoms. The molecule has 0 aromatic carbocycles. The van der Waals surface area contributed by atoms with Crippen LogP contribution in [0.5, 0.6) is 5.75 Å². The minimum Gasteiger partial charge on any atom is -0.488 e. The first-order chi connectivity index (χ1) is 9.17. The molecule has 106 valence electrons. The van der Waals surface area contributed by atoms with Crippen LogP contribution in [0.4, 0.5) is 0 Å². The molecule has 1 aliphatic carbocycles. The van der Waals surface area contributed by atoms with Crippen LogP contribution >= 0.6 is 0 Å². The van der Waals surface area contributed by atoms with Gasteiger partial charge in [-0.15, -0.1) is 0 Å². The lowest BCUT2D eigenvalue weighted by Crippen LogP contribution is -2.64. The third kappa shape index (κ3) is 2.48. The Hall–Kier alpha value is -1.09. The predicted molar refractivity (Wildman–Crippen MR) is 78.5 cm³/mol. The summed E-state index contributed by atoms with van der Waals surface area (Å²) < 4.78 is 6.25. The van der Waals surface area contributed by atoms with Gasteiger partial charge in [-0.1, -0.05) is 20.8 Å². The lowest BCUT2D eigenvalue weighted by atomic mass is 9.58. The summed E-state index contributed by atoms with van der Waals surface area (Å²) >= 11 is 0. The Balaban J connectivity index is 2.11. The van der Waals surface area contributed by atoms with Crippen molar-refractivity contribution in [3.05, 3.63) is 24.0 Å². The topological polar surface area (TPSA) is 34.1 Å². The second-order valence-corrected chi connectivity index (χ2v) is 5.48. The number of aryl methyl sites for hydroxylation is 1. The number of ether oxygens (including phenoxy) is 1. The third-order valence-corrected chi connectivity index (χ3v) is 4.78. The van der Waals surface area contributed by atoms with Gasteiger partial charge in [0.25, 0.3) is 0 Å². The molecule has 0 saturated heterocycles. The highest BCUT2D eigenvalue weighted by Gasteiger charge is 2.53. The van der Waals surface area contributed by atoms with Crippen molar-refractivity contribution in [2.45, 2.75) is 59.1 Å². The minimum atomic E-state index is 0.276. The minimum absolute atomic E-state index is 0.276. The molecule has 2 atom stereocenters. The van der Waals surface area contributed by atoms with Crippen molar-refractivity contribution in [3.63, 3.8) is 0 Å². The van der Waals surface area contributed by atoms with E-state index < -0.39 is 0 Å². The van der Waals surface area contributed by atoms with Crippen LogP contribution in [0.3, 0.4) is 0 Å². The fourth-order valence-electron chi connectivity index (χ4n) is 3.39. The molecule has 2 rings (SSSR count). The number of rotatable bonds is 6. The molecule has 1 heterocycles. The molecule has 1 aromatic rings. The second-order valence-electron chi connectivity index (χ2n) is 5.48. The summed E-state index contributed by atoms with van der Waals surface area (Å²) in [6.07, 6.45) is 5.55. The molecular formula is C16H26N2O. The van der Waals surface area contributed by atoms with E-state index in [1.807, 2.05) is 25.3 Å². The van der Waals surface area contributed by atoms with E-state index in [4.69, 9.17) is 4.74 Å². The summed E-state index contributed by atoms with van der Waals surface area (Å²) in [5.74, 6) is 0.939. The molecule has 0 bridgehead atoms. The Morgan fingerprint density at radius 3 is 2.68 bits per heavy atom. The zero-order valence-electron chi connectivity index (χ0n) is 12.6. The van der Waals surface area contributed by atoms with Gasteiger partial charge in [0.15, 0.2) is 0 Å². The van der Waals surface area contributed by atoms with E-state index in [9.17, 15) is 0 Å². The van der Waals surface area contributed by atoms with E-state index in [1.165, 1.54) is 0 Å². The highest BCUT2D eigenvalue weighted by Crippen LogP contribution is 2.49. The SMILES string of the molecule is CCNC1CC(Oc2cccnc2C)C1(CC)CC. The van der Waals surface area contributed by atoms with Gasteiger partial charge < -0.3 is 10.1 Å². The first-order valence-corrected chi connectivity index (χ1v) is 7.49. The maximum absolute atomic E-state index is 6.25. The van der Waals surface area contributed by atoms with Crippen LogP contribution in [0.15, 0.2) is 18.3 Å². The van der Waals surface area contributed by atoms with Crippen LogP contribution in [0.25, 0.3) is 0 Å². The van der Waals surface area contributed by atoms with Gasteiger partial charge >= 0.3 is 0 Å². The van der Waals surface area contributed by atoms with E-state index in [-0.39, 0.29) is 5.41 Å². The molecule has 1 saturated carbocycles. The normalized spacial score (nSPS) is 24.8. The number of hydrogen-bond donors (Lipinski definition) is 1. The van der Waals surface area contributed by atoms with Crippen molar-refractivity contribution in [2.24, 2.45) is 5.41 Å². The molecule has 3 heteroatoms. The van der Waals surface area contributed by atoms with Crippen LogP contribution in [-0.4, -0.2) is 23.7 Å². The number of nitrogens with zero attached hydrogens (tertiary/aromatic N) is 1. The maximum atomic E-state index is 6.25. The Kier molecular flexibility index (Phi) is 4.46. The van der Waals surface area contributed by atoms with E-state index in [0.29, 0.717) is 12.1 Å². The van der Waals surface area contributed by atoms with Gasteiger partial charge in [0.2, 0.25) is 0 Å². The van der Waals surface area contributed by atoms with Gasteiger partial charge in [0.1, 0.15) is 11.9 Å². The smallest absolute Gasteiger partial charge is 0.140 e. The van der Waals surface area contributed by atoms with Gasteiger partial charge in [-0.3, -0.25) is 4.98 Å². The van der Waals surface area contributed by atoms with Gasteiger partial charge in [-0.25, -0.2) is 0 Å². The maximum Gasteiger partial charge on any atom is 0.140 e. The summed E-state index contributed by atoms with van der Waals surface area (Å²) in [4.78, 5) is 4.30. The van der Waals surface area contributed by atoms with Crippen molar-refractivity contribution in [2.75, 3.05) is 6.54 Å². The molecule has 0 amide bonds. The standard InChI is InChI=1S/C16H26N2O/c1-5-16(6-2)14(17-7-3)11-15(16)19-13-9-8-10-18-12(13)4/h8-10,14-15,17H,5-7,11H2,1-4H3. The Labute approximate surface area is 116 Å². The number of pyridine rings is 1.